The fourth-order valence-corrected chi connectivity index (χ4v) is 3.23. The van der Waals surface area contributed by atoms with E-state index in [0.717, 1.165) is 19.4 Å². The molecule has 0 aromatic heterocycles. The molecular weight excluding hydrogens is 370 g/mol. The van der Waals surface area contributed by atoms with Gasteiger partial charge in [-0.25, -0.2) is 18.4 Å². The Balaban J connectivity index is 0.000000251. The van der Waals surface area contributed by atoms with Gasteiger partial charge in [0.05, 0.1) is 13.2 Å². The Morgan fingerprint density at radius 2 is 2.24 bits per heavy atom. The van der Waals surface area contributed by atoms with Gasteiger partial charge in [0.2, 0.25) is 10.0 Å². The average Bonchev–Trinajstić information content (AvgIpc) is 3.00. The standard InChI is InChI=1S/C7H8ClNO3S.C7H12N4O/c1-12-6-3-2-5(8)4-7(6)13(9,10)11;8-5-11-3-1-2-6(11)4-10-7(9)12/h2-4H,1H3,(H2,9,10,11);6H,1-4H2,(H3,9,10,12)/t;6-/m.1/s1. The molecule has 1 fully saturated rings. The van der Waals surface area contributed by atoms with Crippen LogP contribution in [-0.2, 0) is 10.0 Å². The van der Waals surface area contributed by atoms with Crippen molar-refractivity contribution in [2.24, 2.45) is 10.9 Å². The second-order valence-electron chi connectivity index (χ2n) is 5.17. The number of hydrogen-bond donors (Lipinski definition) is 3. The van der Waals surface area contributed by atoms with E-state index in [2.05, 4.69) is 11.5 Å². The summed E-state index contributed by atoms with van der Waals surface area (Å²) in [5, 5.41) is 16.4. The molecule has 1 heterocycles. The van der Waals surface area contributed by atoms with Crippen LogP contribution in [0.5, 0.6) is 5.75 Å². The van der Waals surface area contributed by atoms with Gasteiger partial charge in [0.1, 0.15) is 10.6 Å². The lowest BCUT2D eigenvalue weighted by atomic mass is 10.2. The van der Waals surface area contributed by atoms with Gasteiger partial charge in [-0.3, -0.25) is 0 Å². The first-order valence-corrected chi connectivity index (χ1v) is 9.17. The Hall–Kier alpha value is -2.22. The van der Waals surface area contributed by atoms with Crippen molar-refractivity contribution in [1.29, 1.82) is 5.26 Å². The van der Waals surface area contributed by atoms with Crippen LogP contribution in [0.4, 0.5) is 4.79 Å². The van der Waals surface area contributed by atoms with Crippen LogP contribution in [-0.4, -0.2) is 45.6 Å². The van der Waals surface area contributed by atoms with Gasteiger partial charge in [-0.15, -0.1) is 0 Å². The molecule has 0 radical (unpaired) electrons. The van der Waals surface area contributed by atoms with E-state index in [0.29, 0.717) is 11.6 Å². The number of carbonyl (C=O) groups excluding carboxylic acids is 1. The van der Waals surface area contributed by atoms with Crippen molar-refractivity contribution in [2.45, 2.75) is 23.8 Å². The van der Waals surface area contributed by atoms with E-state index in [-0.39, 0.29) is 16.7 Å². The summed E-state index contributed by atoms with van der Waals surface area (Å²) in [6.45, 7) is 1.27. The van der Waals surface area contributed by atoms with E-state index >= 15 is 0 Å². The third-order valence-electron chi connectivity index (χ3n) is 3.45. The van der Waals surface area contributed by atoms with Crippen LogP contribution in [0.3, 0.4) is 0 Å². The Morgan fingerprint density at radius 3 is 2.76 bits per heavy atom. The Morgan fingerprint density at radius 1 is 1.56 bits per heavy atom. The van der Waals surface area contributed by atoms with E-state index in [1.807, 2.05) is 0 Å². The van der Waals surface area contributed by atoms with Crippen LogP contribution in [0.1, 0.15) is 12.8 Å². The van der Waals surface area contributed by atoms with Crippen molar-refractivity contribution in [3.05, 3.63) is 23.2 Å². The lowest BCUT2D eigenvalue weighted by Crippen LogP contribution is -2.40. The van der Waals surface area contributed by atoms with Gasteiger partial charge in [-0.05, 0) is 31.0 Å². The molecule has 2 amide bonds. The summed E-state index contributed by atoms with van der Waals surface area (Å²) in [5.41, 5.74) is 4.91. The summed E-state index contributed by atoms with van der Waals surface area (Å²) >= 11 is 5.60. The lowest BCUT2D eigenvalue weighted by molar-refractivity contribution is 0.245. The fourth-order valence-electron chi connectivity index (χ4n) is 2.27. The average molecular weight is 390 g/mol. The van der Waals surface area contributed by atoms with Crippen molar-refractivity contribution >= 4 is 27.7 Å². The highest BCUT2D eigenvalue weighted by atomic mass is 35.5. The second-order valence-corrected chi connectivity index (χ2v) is 7.14. The van der Waals surface area contributed by atoms with Crippen molar-refractivity contribution in [3.63, 3.8) is 0 Å². The zero-order chi connectivity index (χ0) is 19.0. The lowest BCUT2D eigenvalue weighted by Gasteiger charge is -2.17. The summed E-state index contributed by atoms with van der Waals surface area (Å²) in [7, 11) is -2.42. The molecule has 5 N–H and O–H groups in total. The molecule has 11 heteroatoms. The maximum Gasteiger partial charge on any atom is 0.312 e. The quantitative estimate of drug-likeness (QED) is 0.641. The minimum atomic E-state index is -3.78. The van der Waals surface area contributed by atoms with Gasteiger partial charge in [-0.1, -0.05) is 11.6 Å². The number of primary amides is 1. The SMILES string of the molecule is COc1ccc(Cl)cc1S(N)(=O)=O.N#CN1CCC[C@@H]1CNC(N)=O. The number of likely N-dealkylation sites (tertiary alicyclic amines) is 1. The van der Waals surface area contributed by atoms with Crippen LogP contribution in [0.2, 0.25) is 5.02 Å². The smallest absolute Gasteiger partial charge is 0.312 e. The first kappa shape index (κ1) is 20.8. The van der Waals surface area contributed by atoms with Crippen LogP contribution in [0.25, 0.3) is 0 Å². The van der Waals surface area contributed by atoms with Gasteiger partial charge in [0.15, 0.2) is 6.19 Å². The molecule has 0 unspecified atom stereocenters. The normalized spacial score (nSPS) is 16.4. The van der Waals surface area contributed by atoms with Crippen LogP contribution >= 0.6 is 11.6 Å². The van der Waals surface area contributed by atoms with Gasteiger partial charge in [0.25, 0.3) is 0 Å². The number of halogens is 1. The number of nitrogens with two attached hydrogens (primary N) is 2. The number of benzene rings is 1. The Bertz CT molecular complexity index is 750. The highest BCUT2D eigenvalue weighted by molar-refractivity contribution is 7.89. The number of carbonyl (C=O) groups is 1. The monoisotopic (exact) mass is 389 g/mol. The molecule has 25 heavy (non-hydrogen) atoms. The number of primary sulfonamides is 1. The minimum absolute atomic E-state index is 0.109. The van der Waals surface area contributed by atoms with E-state index < -0.39 is 16.1 Å². The topological polar surface area (TPSA) is 152 Å². The number of hydrogen-bond acceptors (Lipinski definition) is 6. The molecule has 1 aromatic carbocycles. The van der Waals surface area contributed by atoms with Crippen LogP contribution in [0, 0.1) is 11.5 Å². The molecule has 0 spiro atoms. The third kappa shape index (κ3) is 6.66. The molecular formula is C14H20ClN5O4S. The van der Waals surface area contributed by atoms with Crippen molar-refractivity contribution < 1.29 is 17.9 Å². The zero-order valence-corrected chi connectivity index (χ0v) is 15.2. The van der Waals surface area contributed by atoms with E-state index in [4.69, 9.17) is 32.5 Å². The second kappa shape index (κ2) is 9.31. The van der Waals surface area contributed by atoms with Crippen molar-refractivity contribution in [1.82, 2.24) is 10.2 Å². The number of ether oxygens (including phenoxy) is 1. The fraction of sp³-hybridized carbons (Fsp3) is 0.429. The maximum atomic E-state index is 11.0. The molecule has 0 bridgehead atoms. The van der Waals surface area contributed by atoms with Crippen LogP contribution in [0.15, 0.2) is 23.1 Å². The summed E-state index contributed by atoms with van der Waals surface area (Å²) in [4.78, 5) is 11.9. The summed E-state index contributed by atoms with van der Waals surface area (Å²) in [5.74, 6) is 0.187. The number of urea groups is 1. The molecule has 2 rings (SSSR count). The number of nitrogens with zero attached hydrogens (tertiary/aromatic N) is 2. The highest BCUT2D eigenvalue weighted by Gasteiger charge is 2.23. The number of nitrogens with one attached hydrogen (secondary N) is 1. The number of amides is 2. The van der Waals surface area contributed by atoms with Gasteiger partial charge >= 0.3 is 6.03 Å². The van der Waals surface area contributed by atoms with Gasteiger partial charge in [0, 0.05) is 18.1 Å². The molecule has 1 atom stereocenters. The predicted molar refractivity (Wildman–Crippen MR) is 92.3 cm³/mol. The van der Waals surface area contributed by atoms with E-state index in [1.165, 1.54) is 25.3 Å². The Kier molecular flexibility index (Phi) is 7.76. The summed E-state index contributed by atoms with van der Waals surface area (Å²) in [6.07, 6.45) is 4.04. The van der Waals surface area contributed by atoms with E-state index in [9.17, 15) is 13.2 Å². The molecule has 1 aromatic rings. The minimum Gasteiger partial charge on any atom is -0.495 e. The molecule has 9 nitrogen and oxygen atoms in total. The Labute approximate surface area is 151 Å². The summed E-state index contributed by atoms with van der Waals surface area (Å²) in [6, 6.07) is 3.83. The first-order valence-electron chi connectivity index (χ1n) is 7.25. The third-order valence-corrected chi connectivity index (χ3v) is 4.62. The van der Waals surface area contributed by atoms with Crippen molar-refractivity contribution in [3.8, 4) is 11.9 Å². The van der Waals surface area contributed by atoms with E-state index in [1.54, 1.807) is 4.90 Å². The summed E-state index contributed by atoms with van der Waals surface area (Å²) < 4.78 is 26.8. The molecule has 1 aliphatic rings. The van der Waals surface area contributed by atoms with Gasteiger partial charge in [-0.2, -0.15) is 5.26 Å². The number of sulfonamides is 1. The van der Waals surface area contributed by atoms with Crippen molar-refractivity contribution in [2.75, 3.05) is 20.2 Å². The number of rotatable bonds is 4. The van der Waals surface area contributed by atoms with Gasteiger partial charge < -0.3 is 20.7 Å². The molecule has 138 valence electrons. The molecule has 0 aliphatic carbocycles. The van der Waals surface area contributed by atoms with Crippen LogP contribution < -0.4 is 20.9 Å². The zero-order valence-electron chi connectivity index (χ0n) is 13.6. The first-order chi connectivity index (χ1) is 11.7. The number of nitriles is 1. The largest absolute Gasteiger partial charge is 0.495 e. The molecule has 1 saturated heterocycles. The maximum absolute atomic E-state index is 11.0. The molecule has 0 saturated carbocycles. The number of methoxy groups -OCH3 is 1. The highest BCUT2D eigenvalue weighted by Crippen LogP contribution is 2.25. The predicted octanol–water partition coefficient (Wildman–Crippen LogP) is 0.596. The molecule has 1 aliphatic heterocycles.